The molecule has 0 aromatic heterocycles. The number of carbonyl (C=O) groups is 1. The third-order valence-corrected chi connectivity index (χ3v) is 8.51. The van der Waals surface area contributed by atoms with Gasteiger partial charge in [0.2, 0.25) is 0 Å². The molecule has 0 aliphatic carbocycles. The predicted molar refractivity (Wildman–Crippen MR) is 172 cm³/mol. The molecular weight excluding hydrogens is 504 g/mol. The molecule has 0 rings (SSSR count). The van der Waals surface area contributed by atoms with Crippen LogP contribution < -0.4 is 0 Å². The zero-order chi connectivity index (χ0) is 28.9. The molecule has 0 radical (unpaired) electrons. The standard InChI is InChI=1S/C34H66O4S/c1-3-5-7-9-11-13-14-15-16-17-18-19-20-21-22-24-26-28-30-38-34(33(37)39,31-32(35)36)29-27-25-23-12-10-8-6-4-2/h3-31H2,1-2H3,(H,35,36)(H,37,39). The lowest BCUT2D eigenvalue weighted by Crippen LogP contribution is -2.43. The van der Waals surface area contributed by atoms with Crippen LogP contribution in [0.1, 0.15) is 194 Å². The molecular formula is C34H66O4S. The summed E-state index contributed by atoms with van der Waals surface area (Å²) in [5.41, 5.74) is -1.21. The topological polar surface area (TPSA) is 66.8 Å². The Balaban J connectivity index is 3.81. The minimum Gasteiger partial charge on any atom is -0.500 e. The summed E-state index contributed by atoms with van der Waals surface area (Å²) in [6.45, 7) is 4.97. The lowest BCUT2D eigenvalue weighted by Gasteiger charge is -2.30. The van der Waals surface area contributed by atoms with E-state index >= 15 is 0 Å². The Bertz CT molecular complexity index is 553. The Hall–Kier alpha value is -0.680. The molecule has 1 atom stereocenters. The normalized spacial score (nSPS) is 13.0. The second kappa shape index (κ2) is 28.8. The number of aliphatic carboxylic acids is 1. The van der Waals surface area contributed by atoms with Gasteiger partial charge in [-0.3, -0.25) is 4.79 Å². The molecule has 0 fully saturated rings. The van der Waals surface area contributed by atoms with Crippen LogP contribution in [0.15, 0.2) is 0 Å². The van der Waals surface area contributed by atoms with Crippen molar-refractivity contribution in [1.82, 2.24) is 0 Å². The van der Waals surface area contributed by atoms with Crippen molar-refractivity contribution < 1.29 is 19.7 Å². The van der Waals surface area contributed by atoms with Crippen molar-refractivity contribution in [2.45, 2.75) is 199 Å². The monoisotopic (exact) mass is 570 g/mol. The first-order valence-corrected chi connectivity index (χ1v) is 17.5. The smallest absolute Gasteiger partial charge is 0.306 e. The number of aliphatic hydroxyl groups excluding tert-OH is 1. The van der Waals surface area contributed by atoms with Crippen LogP contribution in [0.3, 0.4) is 0 Å². The van der Waals surface area contributed by atoms with Gasteiger partial charge in [0.1, 0.15) is 5.60 Å². The molecule has 0 spiro atoms. The maximum Gasteiger partial charge on any atom is 0.306 e. The SMILES string of the molecule is CCCCCCCCCCCCCCCCCCCCOC(CCCCCCCCCC)(CC(=O)O)C(O)=S. The summed E-state index contributed by atoms with van der Waals surface area (Å²) in [7, 11) is 0. The highest BCUT2D eigenvalue weighted by molar-refractivity contribution is 7.80. The van der Waals surface area contributed by atoms with Gasteiger partial charge in [0, 0.05) is 6.61 Å². The molecule has 0 bridgehead atoms. The van der Waals surface area contributed by atoms with Crippen molar-refractivity contribution in [3.05, 3.63) is 0 Å². The lowest BCUT2D eigenvalue weighted by molar-refractivity contribution is -0.143. The predicted octanol–water partition coefficient (Wildman–Crippen LogP) is 11.7. The number of rotatable bonds is 32. The molecule has 2 N–H and O–H groups in total. The summed E-state index contributed by atoms with van der Waals surface area (Å²) in [6.07, 6.45) is 33.5. The fraction of sp³-hybridized carbons (Fsp3) is 0.941. The maximum atomic E-state index is 11.5. The summed E-state index contributed by atoms with van der Waals surface area (Å²) < 4.78 is 6.02. The minimum absolute atomic E-state index is 0.252. The van der Waals surface area contributed by atoms with Crippen molar-refractivity contribution in [3.8, 4) is 0 Å². The minimum atomic E-state index is -1.21. The number of thiocarbonyl (C=S) groups is 1. The fourth-order valence-corrected chi connectivity index (χ4v) is 5.75. The van der Waals surface area contributed by atoms with Crippen molar-refractivity contribution in [2.75, 3.05) is 6.61 Å². The number of unbranched alkanes of at least 4 members (excludes halogenated alkanes) is 24. The second-order valence-corrected chi connectivity index (χ2v) is 12.3. The van der Waals surface area contributed by atoms with Crippen LogP contribution in [0.4, 0.5) is 0 Å². The van der Waals surface area contributed by atoms with Gasteiger partial charge in [-0.05, 0) is 25.1 Å². The molecule has 0 aromatic carbocycles. The van der Waals surface area contributed by atoms with Gasteiger partial charge in [-0.1, -0.05) is 174 Å². The molecule has 1 unspecified atom stereocenters. The first-order chi connectivity index (χ1) is 19.0. The molecule has 5 heteroatoms. The molecule has 0 amide bonds. The van der Waals surface area contributed by atoms with Crippen LogP contribution in [-0.2, 0) is 9.53 Å². The van der Waals surface area contributed by atoms with Gasteiger partial charge in [-0.25, -0.2) is 0 Å². The highest BCUT2D eigenvalue weighted by atomic mass is 32.1. The zero-order valence-corrected chi connectivity index (χ0v) is 26.9. The van der Waals surface area contributed by atoms with Gasteiger partial charge in [0.05, 0.1) is 6.42 Å². The van der Waals surface area contributed by atoms with Gasteiger partial charge in [-0.15, -0.1) is 0 Å². The molecule has 0 saturated heterocycles. The fourth-order valence-electron chi connectivity index (χ4n) is 5.52. The van der Waals surface area contributed by atoms with E-state index in [1.165, 1.54) is 135 Å². The van der Waals surface area contributed by atoms with Crippen LogP contribution in [0.25, 0.3) is 0 Å². The van der Waals surface area contributed by atoms with Crippen LogP contribution in [0.2, 0.25) is 0 Å². The third kappa shape index (κ3) is 24.8. The molecule has 0 saturated carbocycles. The lowest BCUT2D eigenvalue weighted by atomic mass is 9.92. The first kappa shape index (κ1) is 38.3. The average molecular weight is 571 g/mol. The van der Waals surface area contributed by atoms with Gasteiger partial charge in [0.25, 0.3) is 0 Å². The molecule has 0 aliphatic heterocycles. The Kier molecular flexibility index (Phi) is 28.3. The van der Waals surface area contributed by atoms with E-state index in [0.29, 0.717) is 13.0 Å². The zero-order valence-electron chi connectivity index (χ0n) is 26.1. The van der Waals surface area contributed by atoms with E-state index in [1.54, 1.807) is 0 Å². The van der Waals surface area contributed by atoms with Gasteiger partial charge >= 0.3 is 5.97 Å². The van der Waals surface area contributed by atoms with Crippen LogP contribution in [0.5, 0.6) is 0 Å². The number of hydrogen-bond acceptors (Lipinski definition) is 3. The molecule has 232 valence electrons. The van der Waals surface area contributed by atoms with Crippen molar-refractivity contribution >= 4 is 23.2 Å². The largest absolute Gasteiger partial charge is 0.500 e. The Morgan fingerprint density at radius 2 is 0.846 bits per heavy atom. The Labute approximate surface area is 248 Å². The summed E-state index contributed by atoms with van der Waals surface area (Å²) >= 11 is 5.09. The van der Waals surface area contributed by atoms with E-state index in [4.69, 9.17) is 17.0 Å². The molecule has 0 heterocycles. The highest BCUT2D eigenvalue weighted by Crippen LogP contribution is 2.27. The van der Waals surface area contributed by atoms with Crippen molar-refractivity contribution in [1.29, 1.82) is 0 Å². The summed E-state index contributed by atoms with van der Waals surface area (Å²) in [5, 5.41) is 19.3. The molecule has 0 aromatic rings. The number of hydrogen-bond donors (Lipinski definition) is 2. The summed E-state index contributed by atoms with van der Waals surface area (Å²) in [6, 6.07) is 0. The number of ether oxygens (including phenoxy) is 1. The van der Waals surface area contributed by atoms with Crippen molar-refractivity contribution in [2.24, 2.45) is 0 Å². The van der Waals surface area contributed by atoms with E-state index in [-0.39, 0.29) is 11.5 Å². The van der Waals surface area contributed by atoms with Crippen LogP contribution in [-0.4, -0.2) is 33.4 Å². The number of aliphatic hydroxyl groups is 1. The van der Waals surface area contributed by atoms with Crippen LogP contribution in [0, 0.1) is 0 Å². The van der Waals surface area contributed by atoms with E-state index in [9.17, 15) is 15.0 Å². The van der Waals surface area contributed by atoms with Crippen molar-refractivity contribution in [3.63, 3.8) is 0 Å². The summed E-state index contributed by atoms with van der Waals surface area (Å²) in [4.78, 5) is 11.5. The van der Waals surface area contributed by atoms with Crippen LogP contribution >= 0.6 is 12.2 Å². The Morgan fingerprint density at radius 3 is 1.15 bits per heavy atom. The average Bonchev–Trinajstić information content (AvgIpc) is 2.90. The Morgan fingerprint density at radius 1 is 0.538 bits per heavy atom. The van der Waals surface area contributed by atoms with Gasteiger partial charge < -0.3 is 14.9 Å². The van der Waals surface area contributed by atoms with Gasteiger partial charge in [0.15, 0.2) is 5.05 Å². The van der Waals surface area contributed by atoms with E-state index < -0.39 is 11.6 Å². The summed E-state index contributed by atoms with van der Waals surface area (Å²) in [5.74, 6) is -0.969. The van der Waals surface area contributed by atoms with E-state index in [2.05, 4.69) is 13.8 Å². The maximum absolute atomic E-state index is 11.5. The third-order valence-electron chi connectivity index (χ3n) is 8.14. The molecule has 39 heavy (non-hydrogen) atoms. The van der Waals surface area contributed by atoms with E-state index in [1.807, 2.05) is 0 Å². The quantitative estimate of drug-likeness (QED) is 0.0622. The number of carboxylic acids is 1. The number of carboxylic acid groups (broad SMARTS) is 1. The second-order valence-electron chi connectivity index (χ2n) is 12.0. The first-order valence-electron chi connectivity index (χ1n) is 17.1. The molecule has 0 aliphatic rings. The van der Waals surface area contributed by atoms with E-state index in [0.717, 1.165) is 32.1 Å². The molecule has 4 nitrogen and oxygen atoms in total. The highest BCUT2D eigenvalue weighted by Gasteiger charge is 2.38. The van der Waals surface area contributed by atoms with Gasteiger partial charge in [-0.2, -0.15) is 0 Å².